The maximum Gasteiger partial charge on any atom is 0.330 e. The van der Waals surface area contributed by atoms with E-state index in [0.717, 1.165) is 36.1 Å². The van der Waals surface area contributed by atoms with Gasteiger partial charge in [0.15, 0.2) is 5.79 Å². The molecule has 0 saturated carbocycles. The smallest absolute Gasteiger partial charge is 0.330 e. The number of esters is 1. The number of rotatable bonds is 13. The number of thioether (sulfide) groups is 1. The lowest BCUT2D eigenvalue weighted by atomic mass is 9.90. The van der Waals surface area contributed by atoms with Crippen molar-refractivity contribution in [1.82, 2.24) is 4.90 Å². The second-order valence-electron chi connectivity index (χ2n) is 10.3. The van der Waals surface area contributed by atoms with Crippen LogP contribution in [0.5, 0.6) is 5.75 Å². The lowest BCUT2D eigenvalue weighted by Crippen LogP contribution is -2.59. The summed E-state index contributed by atoms with van der Waals surface area (Å²) < 4.78 is 17.4. The van der Waals surface area contributed by atoms with E-state index in [1.54, 1.807) is 12.0 Å². The summed E-state index contributed by atoms with van der Waals surface area (Å²) >= 11 is 1.17. The first-order chi connectivity index (χ1) is 18.2. The molecule has 1 aromatic carbocycles. The van der Waals surface area contributed by atoms with E-state index in [1.807, 2.05) is 43.3 Å². The third kappa shape index (κ3) is 8.22. The first-order valence-electron chi connectivity index (χ1n) is 13.2. The van der Waals surface area contributed by atoms with Crippen molar-refractivity contribution >= 4 is 23.0 Å². The van der Waals surface area contributed by atoms with Gasteiger partial charge < -0.3 is 24.2 Å². The van der Waals surface area contributed by atoms with Gasteiger partial charge in [-0.1, -0.05) is 48.5 Å². The molecule has 0 aliphatic carbocycles. The molecule has 1 N–H and O–H groups in total. The number of carbonyl (C=O) groups is 2. The van der Waals surface area contributed by atoms with Gasteiger partial charge in [0.25, 0.3) is 5.24 Å². The number of aliphatic hydroxyl groups is 1. The van der Waals surface area contributed by atoms with Crippen molar-refractivity contribution in [3.05, 3.63) is 66.8 Å². The summed E-state index contributed by atoms with van der Waals surface area (Å²) in [6, 6.07) is 6.93. The van der Waals surface area contributed by atoms with Crippen molar-refractivity contribution < 1.29 is 28.9 Å². The second-order valence-corrected chi connectivity index (χ2v) is 11.2. The standard InChI is InChI=1S/C30H41NO6S/c1-6-8-9-22(4)16-28(32)36-26-17-25(13-10-21(3)7-2)37-30(34,18-26)27-20-38-29(33)31(27)19-23-11-14-24(35-5)15-12-23/h6-7,11-12,14-16,21,25-27,34H,1-2,8-10,13,17-20H2,3-5H3/b22-16-/t21-,25-,26-,27+,30-/m1/s1. The summed E-state index contributed by atoms with van der Waals surface area (Å²) in [4.78, 5) is 27.3. The van der Waals surface area contributed by atoms with E-state index in [4.69, 9.17) is 14.2 Å². The van der Waals surface area contributed by atoms with E-state index in [9.17, 15) is 14.7 Å². The fourth-order valence-electron chi connectivity index (χ4n) is 4.86. The second kappa shape index (κ2) is 14.0. The lowest BCUT2D eigenvalue weighted by Gasteiger charge is -2.46. The predicted molar refractivity (Wildman–Crippen MR) is 151 cm³/mol. The molecule has 0 aromatic heterocycles. The highest BCUT2D eigenvalue weighted by Gasteiger charge is 2.52. The Balaban J connectivity index is 1.79. The minimum atomic E-state index is -1.64. The number of nitrogens with zero attached hydrogens (tertiary/aromatic N) is 1. The average Bonchev–Trinajstić information content (AvgIpc) is 3.26. The summed E-state index contributed by atoms with van der Waals surface area (Å²) in [6.45, 7) is 11.9. The van der Waals surface area contributed by atoms with Crippen LogP contribution in [0.4, 0.5) is 4.79 Å². The van der Waals surface area contributed by atoms with Crippen LogP contribution in [-0.4, -0.2) is 58.1 Å². The van der Waals surface area contributed by atoms with Crippen molar-refractivity contribution in [3.8, 4) is 5.75 Å². The highest BCUT2D eigenvalue weighted by atomic mass is 32.2. The Labute approximate surface area is 230 Å². The van der Waals surface area contributed by atoms with Gasteiger partial charge in [-0.3, -0.25) is 4.79 Å². The molecular formula is C30H41NO6S. The molecule has 2 saturated heterocycles. The van der Waals surface area contributed by atoms with Crippen LogP contribution >= 0.6 is 11.8 Å². The third-order valence-electron chi connectivity index (χ3n) is 7.16. The van der Waals surface area contributed by atoms with Crippen LogP contribution in [0.3, 0.4) is 0 Å². The third-order valence-corrected chi connectivity index (χ3v) is 8.12. The minimum absolute atomic E-state index is 0.101. The zero-order valence-electron chi connectivity index (χ0n) is 22.8. The average molecular weight is 544 g/mol. The molecular weight excluding hydrogens is 502 g/mol. The number of methoxy groups -OCH3 is 1. The molecule has 1 amide bonds. The molecule has 2 fully saturated rings. The van der Waals surface area contributed by atoms with Gasteiger partial charge in [-0.25, -0.2) is 4.79 Å². The van der Waals surface area contributed by atoms with Crippen LogP contribution in [0, 0.1) is 5.92 Å². The fraction of sp³-hybridized carbons (Fsp3) is 0.533. The highest BCUT2D eigenvalue weighted by Crippen LogP contribution is 2.41. The minimum Gasteiger partial charge on any atom is -0.497 e. The predicted octanol–water partition coefficient (Wildman–Crippen LogP) is 6.03. The first kappa shape index (κ1) is 30.0. The molecule has 5 atom stereocenters. The van der Waals surface area contributed by atoms with Crippen LogP contribution in [0.15, 0.2) is 61.2 Å². The number of benzene rings is 1. The Bertz CT molecular complexity index is 1010. The molecule has 8 heteroatoms. The molecule has 0 spiro atoms. The Morgan fingerprint density at radius 2 is 2.08 bits per heavy atom. The SMILES string of the molecule is C=CCC/C(C)=C\C(=O)O[C@@H]1C[C@@H](CC[C@H](C)C=C)O[C@@](O)([C@@H]2CSC(=O)N2Cc2ccc(OC)cc2)C1. The molecule has 7 nitrogen and oxygen atoms in total. The number of ether oxygens (including phenoxy) is 3. The molecule has 38 heavy (non-hydrogen) atoms. The lowest BCUT2D eigenvalue weighted by molar-refractivity contribution is -0.293. The van der Waals surface area contributed by atoms with Crippen molar-refractivity contribution in [2.45, 2.75) is 83.0 Å². The topological polar surface area (TPSA) is 85.3 Å². The van der Waals surface area contributed by atoms with E-state index < -0.39 is 23.9 Å². The highest BCUT2D eigenvalue weighted by molar-refractivity contribution is 8.13. The van der Waals surface area contributed by atoms with Gasteiger partial charge in [0, 0.05) is 31.2 Å². The molecule has 2 aliphatic rings. The van der Waals surface area contributed by atoms with Gasteiger partial charge in [-0.15, -0.1) is 13.2 Å². The Hall–Kier alpha value is -2.55. The molecule has 0 bridgehead atoms. The number of hydrogen-bond acceptors (Lipinski definition) is 7. The molecule has 208 valence electrons. The van der Waals surface area contributed by atoms with E-state index >= 15 is 0 Å². The molecule has 2 aliphatic heterocycles. The fourth-order valence-corrected chi connectivity index (χ4v) is 5.96. The summed E-state index contributed by atoms with van der Waals surface area (Å²) in [5.74, 6) is -0.649. The number of hydrogen-bond donors (Lipinski definition) is 1. The van der Waals surface area contributed by atoms with Crippen LogP contribution in [0.2, 0.25) is 0 Å². The van der Waals surface area contributed by atoms with Crippen LogP contribution < -0.4 is 4.74 Å². The molecule has 2 heterocycles. The van der Waals surface area contributed by atoms with Crippen LogP contribution in [0.1, 0.15) is 57.9 Å². The van der Waals surface area contributed by atoms with Gasteiger partial charge in [0.2, 0.25) is 0 Å². The van der Waals surface area contributed by atoms with E-state index in [0.29, 0.717) is 31.1 Å². The van der Waals surface area contributed by atoms with Gasteiger partial charge in [0.1, 0.15) is 11.9 Å². The van der Waals surface area contributed by atoms with Gasteiger partial charge in [-0.2, -0.15) is 0 Å². The maximum absolute atomic E-state index is 12.9. The zero-order valence-corrected chi connectivity index (χ0v) is 23.6. The van der Waals surface area contributed by atoms with E-state index in [-0.39, 0.29) is 17.8 Å². The molecule has 0 unspecified atom stereocenters. The Morgan fingerprint density at radius 3 is 2.74 bits per heavy atom. The van der Waals surface area contributed by atoms with Crippen molar-refractivity contribution in [3.63, 3.8) is 0 Å². The quantitative estimate of drug-likeness (QED) is 0.185. The van der Waals surface area contributed by atoms with E-state index in [1.165, 1.54) is 17.8 Å². The van der Waals surface area contributed by atoms with Crippen LogP contribution in [0.25, 0.3) is 0 Å². The zero-order chi connectivity index (χ0) is 27.7. The first-order valence-corrected chi connectivity index (χ1v) is 14.2. The number of carbonyl (C=O) groups excluding carboxylic acids is 2. The number of amides is 1. The Kier molecular flexibility index (Phi) is 11.1. The van der Waals surface area contributed by atoms with E-state index in [2.05, 4.69) is 20.1 Å². The summed E-state index contributed by atoms with van der Waals surface area (Å²) in [7, 11) is 1.61. The van der Waals surface area contributed by atoms with Crippen molar-refractivity contribution in [2.24, 2.45) is 5.92 Å². The van der Waals surface area contributed by atoms with Gasteiger partial charge in [0.05, 0.1) is 19.3 Å². The molecule has 0 radical (unpaired) electrons. The summed E-state index contributed by atoms with van der Waals surface area (Å²) in [5.41, 5.74) is 1.84. The van der Waals surface area contributed by atoms with Crippen molar-refractivity contribution in [1.29, 1.82) is 0 Å². The maximum atomic E-state index is 12.9. The van der Waals surface area contributed by atoms with Gasteiger partial charge >= 0.3 is 5.97 Å². The van der Waals surface area contributed by atoms with Crippen molar-refractivity contribution in [2.75, 3.05) is 12.9 Å². The summed E-state index contributed by atoms with van der Waals surface area (Å²) in [5, 5.41) is 11.8. The Morgan fingerprint density at radius 1 is 1.34 bits per heavy atom. The van der Waals surface area contributed by atoms with Gasteiger partial charge in [-0.05, 0) is 56.2 Å². The monoisotopic (exact) mass is 543 g/mol. The summed E-state index contributed by atoms with van der Waals surface area (Å²) in [6.07, 6.45) is 8.00. The largest absolute Gasteiger partial charge is 0.497 e. The normalized spacial score (nSPS) is 26.6. The molecule has 3 rings (SSSR count). The van der Waals surface area contributed by atoms with Crippen LogP contribution in [-0.2, 0) is 20.8 Å². The number of allylic oxidation sites excluding steroid dienone is 3. The molecule has 1 aromatic rings.